The van der Waals surface area contributed by atoms with Crippen LogP contribution in [-0.2, 0) is 13.0 Å². The molecule has 0 fully saturated rings. The molecule has 25 heavy (non-hydrogen) atoms. The van der Waals surface area contributed by atoms with Gasteiger partial charge in [0, 0.05) is 24.1 Å². The van der Waals surface area contributed by atoms with Gasteiger partial charge >= 0.3 is 0 Å². The topological polar surface area (TPSA) is 88.7 Å². The SMILES string of the molecule is CC[NH+]1CCc2c(sc3c2C(=O)N[C@H](c2cccc([N+](=O)[O-])c2)N3)C1. The minimum absolute atomic E-state index is 0.0204. The van der Waals surface area contributed by atoms with Gasteiger partial charge in [-0.15, -0.1) is 11.3 Å². The predicted molar refractivity (Wildman–Crippen MR) is 95.0 cm³/mol. The fourth-order valence-corrected chi connectivity index (χ4v) is 4.88. The van der Waals surface area contributed by atoms with E-state index in [9.17, 15) is 14.9 Å². The van der Waals surface area contributed by atoms with Crippen molar-refractivity contribution >= 4 is 27.9 Å². The summed E-state index contributed by atoms with van der Waals surface area (Å²) in [5.41, 5.74) is 2.63. The molecule has 0 radical (unpaired) electrons. The lowest BCUT2D eigenvalue weighted by Gasteiger charge is -2.27. The van der Waals surface area contributed by atoms with E-state index in [1.165, 1.54) is 27.5 Å². The van der Waals surface area contributed by atoms with Crippen LogP contribution in [-0.4, -0.2) is 23.9 Å². The van der Waals surface area contributed by atoms with Gasteiger partial charge in [0.15, 0.2) is 0 Å². The molecule has 8 heteroatoms. The molecule has 2 aromatic rings. The number of hydrogen-bond acceptors (Lipinski definition) is 5. The van der Waals surface area contributed by atoms with Crippen LogP contribution in [0.25, 0.3) is 0 Å². The van der Waals surface area contributed by atoms with Crippen molar-refractivity contribution in [1.82, 2.24) is 5.32 Å². The lowest BCUT2D eigenvalue weighted by molar-refractivity contribution is -0.913. The van der Waals surface area contributed by atoms with Crippen molar-refractivity contribution < 1.29 is 14.6 Å². The van der Waals surface area contributed by atoms with Crippen LogP contribution in [0.2, 0.25) is 0 Å². The quantitative estimate of drug-likeness (QED) is 0.572. The molecule has 0 saturated heterocycles. The third-order valence-corrected chi connectivity index (χ3v) is 6.09. The summed E-state index contributed by atoms with van der Waals surface area (Å²) in [5.74, 6) is -0.0947. The van der Waals surface area contributed by atoms with E-state index in [0.717, 1.165) is 36.6 Å². The van der Waals surface area contributed by atoms with E-state index in [2.05, 4.69) is 17.6 Å². The number of non-ortho nitro benzene ring substituents is 1. The van der Waals surface area contributed by atoms with Crippen molar-refractivity contribution in [2.45, 2.75) is 26.1 Å². The van der Waals surface area contributed by atoms with Gasteiger partial charge in [-0.3, -0.25) is 14.9 Å². The molecule has 2 aliphatic heterocycles. The molecule has 0 bridgehead atoms. The van der Waals surface area contributed by atoms with Crippen LogP contribution in [0.15, 0.2) is 24.3 Å². The molecule has 0 aliphatic carbocycles. The molecule has 130 valence electrons. The first-order valence-electron chi connectivity index (χ1n) is 8.36. The Kier molecular flexibility index (Phi) is 3.93. The van der Waals surface area contributed by atoms with Crippen molar-refractivity contribution in [2.75, 3.05) is 18.4 Å². The Hall–Kier alpha value is -2.45. The Labute approximate surface area is 148 Å². The molecule has 2 atom stereocenters. The molecule has 0 saturated carbocycles. The maximum atomic E-state index is 12.7. The van der Waals surface area contributed by atoms with Crippen LogP contribution in [0.1, 0.15) is 39.5 Å². The summed E-state index contributed by atoms with van der Waals surface area (Å²) in [6, 6.07) is 6.37. The lowest BCUT2D eigenvalue weighted by atomic mass is 10.0. The molecule has 7 nitrogen and oxygen atoms in total. The average molecular weight is 359 g/mol. The van der Waals surface area contributed by atoms with Crippen LogP contribution >= 0.6 is 11.3 Å². The van der Waals surface area contributed by atoms with E-state index < -0.39 is 11.1 Å². The molecule has 0 spiro atoms. The van der Waals surface area contributed by atoms with Gasteiger partial charge in [0.05, 0.1) is 28.5 Å². The second-order valence-corrected chi connectivity index (χ2v) is 7.50. The highest BCUT2D eigenvalue weighted by Gasteiger charge is 2.34. The Balaban J connectivity index is 1.66. The molecule has 1 aromatic carbocycles. The minimum atomic E-state index is -0.449. The van der Waals surface area contributed by atoms with E-state index in [4.69, 9.17) is 0 Å². The molecular weight excluding hydrogens is 340 g/mol. The second-order valence-electron chi connectivity index (χ2n) is 6.39. The zero-order chi connectivity index (χ0) is 17.6. The summed E-state index contributed by atoms with van der Waals surface area (Å²) in [6.07, 6.45) is 0.468. The first-order chi connectivity index (χ1) is 12.1. The van der Waals surface area contributed by atoms with Gasteiger partial charge in [0.2, 0.25) is 0 Å². The number of carbonyl (C=O) groups is 1. The number of nitro groups is 1. The van der Waals surface area contributed by atoms with Gasteiger partial charge in [-0.05, 0) is 12.5 Å². The van der Waals surface area contributed by atoms with Crippen LogP contribution in [0.4, 0.5) is 10.7 Å². The highest BCUT2D eigenvalue weighted by Crippen LogP contribution is 2.39. The van der Waals surface area contributed by atoms with Crippen LogP contribution in [0.5, 0.6) is 0 Å². The molecule has 2 aliphatic rings. The number of hydrogen-bond donors (Lipinski definition) is 3. The van der Waals surface area contributed by atoms with Crippen molar-refractivity contribution in [2.24, 2.45) is 0 Å². The molecule has 1 unspecified atom stereocenters. The third-order valence-electron chi connectivity index (χ3n) is 4.92. The van der Waals surface area contributed by atoms with Crippen LogP contribution in [0, 0.1) is 10.1 Å². The van der Waals surface area contributed by atoms with Gasteiger partial charge in [0.1, 0.15) is 17.7 Å². The third kappa shape index (κ3) is 2.77. The summed E-state index contributed by atoms with van der Waals surface area (Å²) in [6.45, 7) is 5.27. The number of likely N-dealkylation sites (N-methyl/N-ethyl adjacent to an activating group) is 1. The summed E-state index contributed by atoms with van der Waals surface area (Å²) in [7, 11) is 0. The first-order valence-corrected chi connectivity index (χ1v) is 9.18. The van der Waals surface area contributed by atoms with Crippen molar-refractivity contribution in [1.29, 1.82) is 0 Å². The number of nitro benzene ring substituents is 1. The van der Waals surface area contributed by atoms with Crippen molar-refractivity contribution in [3.05, 3.63) is 55.9 Å². The van der Waals surface area contributed by atoms with E-state index >= 15 is 0 Å². The minimum Gasteiger partial charge on any atom is -0.353 e. The zero-order valence-corrected chi connectivity index (χ0v) is 14.6. The van der Waals surface area contributed by atoms with Gasteiger partial charge in [0.25, 0.3) is 11.6 Å². The number of nitrogens with zero attached hydrogens (tertiary/aromatic N) is 1. The Morgan fingerprint density at radius 1 is 1.40 bits per heavy atom. The maximum Gasteiger partial charge on any atom is 0.269 e. The van der Waals surface area contributed by atoms with E-state index in [1.54, 1.807) is 23.5 Å². The van der Waals surface area contributed by atoms with Gasteiger partial charge in [-0.2, -0.15) is 0 Å². The smallest absolute Gasteiger partial charge is 0.269 e. The second kappa shape index (κ2) is 6.12. The van der Waals surface area contributed by atoms with Crippen molar-refractivity contribution in [3.8, 4) is 0 Å². The van der Waals surface area contributed by atoms with Crippen molar-refractivity contribution in [3.63, 3.8) is 0 Å². The maximum absolute atomic E-state index is 12.7. The number of fused-ring (bicyclic) bond motifs is 3. The molecule has 1 aromatic heterocycles. The number of rotatable bonds is 3. The normalized spacial score (nSPS) is 21.7. The highest BCUT2D eigenvalue weighted by atomic mass is 32.1. The van der Waals surface area contributed by atoms with Crippen LogP contribution in [0.3, 0.4) is 0 Å². The monoisotopic (exact) mass is 359 g/mol. The molecule has 3 N–H and O–H groups in total. The standard InChI is InChI=1S/C17H18N4O3S/c1-2-20-7-6-12-13(9-20)25-17-14(12)16(22)18-15(19-17)10-4-3-5-11(8-10)21(23)24/h3-5,8,15,19H,2,6-7,9H2,1H3,(H,18,22)/p+1/t15-/m0/s1. The Morgan fingerprint density at radius 2 is 2.24 bits per heavy atom. The number of thiophene rings is 1. The van der Waals surface area contributed by atoms with Gasteiger partial charge < -0.3 is 15.5 Å². The Bertz CT molecular complexity index is 864. The van der Waals surface area contributed by atoms with Gasteiger partial charge in [-0.1, -0.05) is 12.1 Å². The summed E-state index contributed by atoms with van der Waals surface area (Å²) in [5, 5.41) is 18.2. The first kappa shape index (κ1) is 16.0. The number of quaternary nitrogens is 1. The van der Waals surface area contributed by atoms with Crippen LogP contribution < -0.4 is 15.5 Å². The average Bonchev–Trinajstić information content (AvgIpc) is 2.99. The zero-order valence-electron chi connectivity index (χ0n) is 13.8. The Morgan fingerprint density at radius 3 is 3.00 bits per heavy atom. The van der Waals surface area contributed by atoms with E-state index in [-0.39, 0.29) is 11.6 Å². The van der Waals surface area contributed by atoms with E-state index in [0.29, 0.717) is 5.56 Å². The number of amides is 1. The van der Waals surface area contributed by atoms with Gasteiger partial charge in [-0.25, -0.2) is 0 Å². The highest BCUT2D eigenvalue weighted by molar-refractivity contribution is 7.16. The number of benzene rings is 1. The summed E-state index contributed by atoms with van der Waals surface area (Å²) in [4.78, 5) is 26.1. The fourth-order valence-electron chi connectivity index (χ4n) is 3.54. The number of anilines is 1. The largest absolute Gasteiger partial charge is 0.353 e. The number of carbonyl (C=O) groups excluding carboxylic acids is 1. The van der Waals surface area contributed by atoms with E-state index in [1.807, 2.05) is 0 Å². The molecular formula is C17H19N4O3S+. The number of nitrogens with one attached hydrogen (secondary N) is 3. The molecule has 1 amide bonds. The molecule has 3 heterocycles. The lowest BCUT2D eigenvalue weighted by Crippen LogP contribution is -3.11. The summed E-state index contributed by atoms with van der Waals surface area (Å²) < 4.78 is 0. The molecule has 4 rings (SSSR count). The summed E-state index contributed by atoms with van der Waals surface area (Å²) >= 11 is 1.64. The predicted octanol–water partition coefficient (Wildman–Crippen LogP) is 1.47. The fraction of sp³-hybridized carbons (Fsp3) is 0.353.